The maximum absolute atomic E-state index is 13.9. The van der Waals surface area contributed by atoms with Gasteiger partial charge in [-0.3, -0.25) is 4.79 Å². The molecule has 1 N–H and O–H groups in total. The second-order valence-electron chi connectivity index (χ2n) is 12.7. The van der Waals surface area contributed by atoms with Crippen LogP contribution in [0.1, 0.15) is 45.4 Å². The molecule has 6 aromatic carbocycles. The molecule has 50 heavy (non-hydrogen) atoms. The molecule has 0 aliphatic rings. The number of hydrogen-bond acceptors (Lipinski definition) is 4. The molecular formula is C46H44O4. The van der Waals surface area contributed by atoms with Gasteiger partial charge in [-0.05, 0) is 64.6 Å². The van der Waals surface area contributed by atoms with E-state index in [4.69, 9.17) is 9.47 Å². The molecule has 0 aliphatic heterocycles. The molecule has 6 rings (SSSR count). The SMILES string of the molecule is O=C(OCc1ccccc1)[C@H](COC(c1ccccc1)(c1ccccc1)c1ccccc1)[C@H](O)CCc1cccc(CCc2ccccc2)c1. The summed E-state index contributed by atoms with van der Waals surface area (Å²) in [5, 5.41) is 11.8. The number of carbonyl (C=O) groups excluding carboxylic acids is 1. The zero-order valence-corrected chi connectivity index (χ0v) is 28.3. The van der Waals surface area contributed by atoms with Crippen molar-refractivity contribution in [3.63, 3.8) is 0 Å². The van der Waals surface area contributed by atoms with Crippen LogP contribution in [0.2, 0.25) is 0 Å². The van der Waals surface area contributed by atoms with Gasteiger partial charge < -0.3 is 14.6 Å². The number of ether oxygens (including phenoxy) is 2. The van der Waals surface area contributed by atoms with Crippen LogP contribution in [0.4, 0.5) is 0 Å². The fourth-order valence-electron chi connectivity index (χ4n) is 6.55. The molecule has 252 valence electrons. The Balaban J connectivity index is 1.25. The van der Waals surface area contributed by atoms with Crippen LogP contribution in [0.5, 0.6) is 0 Å². The van der Waals surface area contributed by atoms with E-state index in [9.17, 15) is 9.90 Å². The Labute approximate surface area is 296 Å². The maximum atomic E-state index is 13.9. The van der Waals surface area contributed by atoms with Crippen LogP contribution in [0.15, 0.2) is 176 Å². The number of hydrogen-bond donors (Lipinski definition) is 1. The van der Waals surface area contributed by atoms with Crippen molar-refractivity contribution in [1.29, 1.82) is 0 Å². The van der Waals surface area contributed by atoms with Gasteiger partial charge in [-0.2, -0.15) is 0 Å². The van der Waals surface area contributed by atoms with Crippen molar-refractivity contribution in [2.45, 2.75) is 44.0 Å². The van der Waals surface area contributed by atoms with Gasteiger partial charge in [-0.1, -0.05) is 176 Å². The molecule has 0 spiro atoms. The van der Waals surface area contributed by atoms with Gasteiger partial charge in [0.1, 0.15) is 18.1 Å². The van der Waals surface area contributed by atoms with E-state index >= 15 is 0 Å². The van der Waals surface area contributed by atoms with Crippen LogP contribution in [0.25, 0.3) is 0 Å². The largest absolute Gasteiger partial charge is 0.460 e. The molecule has 0 bridgehead atoms. The molecule has 2 atom stereocenters. The van der Waals surface area contributed by atoms with E-state index in [2.05, 4.69) is 48.5 Å². The minimum absolute atomic E-state index is 0.0510. The molecule has 4 nitrogen and oxygen atoms in total. The summed E-state index contributed by atoms with van der Waals surface area (Å²) in [5.74, 6) is -1.41. The van der Waals surface area contributed by atoms with Gasteiger partial charge in [-0.15, -0.1) is 0 Å². The number of benzene rings is 6. The normalized spacial score (nSPS) is 12.6. The maximum Gasteiger partial charge on any atom is 0.314 e. The molecule has 0 fully saturated rings. The highest BCUT2D eigenvalue weighted by molar-refractivity contribution is 5.73. The number of aryl methyl sites for hydroxylation is 3. The first-order valence-corrected chi connectivity index (χ1v) is 17.4. The first-order chi connectivity index (χ1) is 24.6. The molecule has 0 saturated heterocycles. The van der Waals surface area contributed by atoms with Crippen LogP contribution < -0.4 is 0 Å². The number of aliphatic hydroxyl groups is 1. The lowest BCUT2D eigenvalue weighted by Crippen LogP contribution is -2.40. The third-order valence-electron chi connectivity index (χ3n) is 9.28. The Bertz CT molecular complexity index is 1780. The van der Waals surface area contributed by atoms with E-state index < -0.39 is 23.6 Å². The number of esters is 1. The third-order valence-corrected chi connectivity index (χ3v) is 9.28. The Morgan fingerprint density at radius 1 is 0.520 bits per heavy atom. The third kappa shape index (κ3) is 8.83. The van der Waals surface area contributed by atoms with Gasteiger partial charge in [0.2, 0.25) is 0 Å². The molecule has 0 heterocycles. The molecule has 0 amide bonds. The smallest absolute Gasteiger partial charge is 0.314 e. The highest BCUT2D eigenvalue weighted by Crippen LogP contribution is 2.41. The van der Waals surface area contributed by atoms with Crippen LogP contribution in [0, 0.1) is 5.92 Å². The summed E-state index contributed by atoms with van der Waals surface area (Å²) < 4.78 is 12.9. The molecule has 0 unspecified atom stereocenters. The number of rotatable bonds is 16. The molecule has 0 aromatic heterocycles. The highest BCUT2D eigenvalue weighted by Gasteiger charge is 2.40. The van der Waals surface area contributed by atoms with Crippen molar-refractivity contribution in [3.05, 3.63) is 215 Å². The lowest BCUT2D eigenvalue weighted by Gasteiger charge is -2.37. The summed E-state index contributed by atoms with van der Waals surface area (Å²) >= 11 is 0. The van der Waals surface area contributed by atoms with Crippen molar-refractivity contribution in [2.75, 3.05) is 6.61 Å². The van der Waals surface area contributed by atoms with Crippen LogP contribution >= 0.6 is 0 Å². The highest BCUT2D eigenvalue weighted by atomic mass is 16.5. The van der Waals surface area contributed by atoms with Gasteiger partial charge in [0.05, 0.1) is 12.7 Å². The Morgan fingerprint density at radius 2 is 0.940 bits per heavy atom. The average Bonchev–Trinajstić information content (AvgIpc) is 3.19. The van der Waals surface area contributed by atoms with E-state index in [0.29, 0.717) is 12.8 Å². The summed E-state index contributed by atoms with van der Waals surface area (Å²) in [5.41, 5.74) is 6.31. The van der Waals surface area contributed by atoms with Gasteiger partial charge in [-0.25, -0.2) is 0 Å². The molecular weight excluding hydrogens is 617 g/mol. The molecule has 0 aliphatic carbocycles. The monoisotopic (exact) mass is 660 g/mol. The first kappa shape index (κ1) is 34.6. The minimum Gasteiger partial charge on any atom is -0.460 e. The van der Waals surface area contributed by atoms with Gasteiger partial charge in [0.25, 0.3) is 0 Å². The van der Waals surface area contributed by atoms with E-state index in [1.807, 2.05) is 127 Å². The zero-order chi connectivity index (χ0) is 34.4. The van der Waals surface area contributed by atoms with E-state index in [1.54, 1.807) is 0 Å². The van der Waals surface area contributed by atoms with Crippen molar-refractivity contribution < 1.29 is 19.4 Å². The van der Waals surface area contributed by atoms with E-state index in [0.717, 1.165) is 40.7 Å². The summed E-state index contributed by atoms with van der Waals surface area (Å²) in [6, 6.07) is 58.8. The topological polar surface area (TPSA) is 55.8 Å². The van der Waals surface area contributed by atoms with Gasteiger partial charge in [0.15, 0.2) is 0 Å². The van der Waals surface area contributed by atoms with Gasteiger partial charge >= 0.3 is 5.97 Å². The average molecular weight is 661 g/mol. The summed E-state index contributed by atoms with van der Waals surface area (Å²) in [6.45, 7) is 0.0676. The molecule has 0 saturated carbocycles. The fourth-order valence-corrected chi connectivity index (χ4v) is 6.55. The standard InChI is InChI=1S/C46H44O4/c47-44(32-31-38-22-16-21-37(33-38)30-29-36-17-6-1-7-18-36)43(45(48)49-34-39-19-8-2-9-20-39)35-50-46(40-23-10-3-11-24-40,41-25-12-4-13-26-41)42-27-14-5-15-28-42/h1-28,33,43-44,47H,29-32,34-35H2/t43-,44-/m1/s1. The Morgan fingerprint density at radius 3 is 1.46 bits per heavy atom. The first-order valence-electron chi connectivity index (χ1n) is 17.4. The predicted molar refractivity (Wildman–Crippen MR) is 200 cm³/mol. The number of aliphatic hydroxyl groups excluding tert-OH is 1. The van der Waals surface area contributed by atoms with Gasteiger partial charge in [0, 0.05) is 0 Å². The molecule has 0 radical (unpaired) electrons. The summed E-state index contributed by atoms with van der Waals surface area (Å²) in [6.07, 6.45) is 1.90. The van der Waals surface area contributed by atoms with E-state index in [-0.39, 0.29) is 13.2 Å². The summed E-state index contributed by atoms with van der Waals surface area (Å²) in [7, 11) is 0. The summed E-state index contributed by atoms with van der Waals surface area (Å²) in [4.78, 5) is 13.9. The fraction of sp³-hybridized carbons (Fsp3) is 0.196. The minimum atomic E-state index is -1.03. The van der Waals surface area contributed by atoms with Crippen molar-refractivity contribution in [3.8, 4) is 0 Å². The zero-order valence-electron chi connectivity index (χ0n) is 28.3. The van der Waals surface area contributed by atoms with Crippen molar-refractivity contribution in [2.24, 2.45) is 5.92 Å². The Hall–Kier alpha value is -5.29. The van der Waals surface area contributed by atoms with Crippen LogP contribution in [-0.4, -0.2) is 23.8 Å². The molecule has 4 heteroatoms. The van der Waals surface area contributed by atoms with Crippen LogP contribution in [0.3, 0.4) is 0 Å². The van der Waals surface area contributed by atoms with Crippen molar-refractivity contribution >= 4 is 5.97 Å². The number of carbonyl (C=O) groups is 1. The quantitative estimate of drug-likeness (QED) is 0.0831. The van der Waals surface area contributed by atoms with Crippen molar-refractivity contribution in [1.82, 2.24) is 0 Å². The predicted octanol–water partition coefficient (Wildman–Crippen LogP) is 9.13. The lowest BCUT2D eigenvalue weighted by atomic mass is 9.80. The second kappa shape index (κ2) is 17.4. The molecule has 6 aromatic rings. The van der Waals surface area contributed by atoms with E-state index in [1.165, 1.54) is 11.1 Å². The lowest BCUT2D eigenvalue weighted by molar-refractivity contribution is -0.159. The second-order valence-corrected chi connectivity index (χ2v) is 12.7. The van der Waals surface area contributed by atoms with Crippen LogP contribution in [-0.2, 0) is 45.7 Å². The Kier molecular flexibility index (Phi) is 12.0.